The lowest BCUT2D eigenvalue weighted by Crippen LogP contribution is -2.14. The van der Waals surface area contributed by atoms with Crippen LogP contribution < -0.4 is 5.32 Å². The van der Waals surface area contributed by atoms with Gasteiger partial charge in [-0.15, -0.1) is 11.8 Å². The van der Waals surface area contributed by atoms with E-state index in [9.17, 15) is 4.39 Å². The summed E-state index contributed by atoms with van der Waals surface area (Å²) in [7, 11) is 1.92. The first-order chi connectivity index (χ1) is 8.72. The molecular formula is C15H22FNS. The quantitative estimate of drug-likeness (QED) is 0.794. The third-order valence-corrected chi connectivity index (χ3v) is 5.19. The number of thioether (sulfide) groups is 1. The molecule has 0 spiro atoms. The van der Waals surface area contributed by atoms with Gasteiger partial charge in [0, 0.05) is 16.7 Å². The molecule has 3 heteroatoms. The van der Waals surface area contributed by atoms with Gasteiger partial charge in [0.15, 0.2) is 0 Å². The van der Waals surface area contributed by atoms with Gasteiger partial charge in [0.1, 0.15) is 5.82 Å². The van der Waals surface area contributed by atoms with Crippen molar-refractivity contribution < 1.29 is 4.39 Å². The Morgan fingerprint density at radius 1 is 1.39 bits per heavy atom. The van der Waals surface area contributed by atoms with Crippen LogP contribution >= 0.6 is 11.8 Å². The number of nitrogens with one attached hydrogen (secondary N) is 1. The van der Waals surface area contributed by atoms with Crippen LogP contribution in [0.25, 0.3) is 0 Å². The van der Waals surface area contributed by atoms with Crippen molar-refractivity contribution in [3.63, 3.8) is 0 Å². The zero-order valence-electron chi connectivity index (χ0n) is 11.2. The summed E-state index contributed by atoms with van der Waals surface area (Å²) >= 11 is 1.70. The molecule has 1 saturated carbocycles. The van der Waals surface area contributed by atoms with Crippen molar-refractivity contribution in [2.24, 2.45) is 5.92 Å². The first kappa shape index (κ1) is 13.9. The van der Waals surface area contributed by atoms with E-state index in [0.29, 0.717) is 0 Å². The predicted octanol–water partition coefficient (Wildman–Crippen LogP) is 4.39. The molecule has 1 nitrogen and oxygen atoms in total. The van der Waals surface area contributed by atoms with E-state index in [1.54, 1.807) is 23.9 Å². The molecule has 1 fully saturated rings. The first-order valence-corrected chi connectivity index (χ1v) is 7.79. The van der Waals surface area contributed by atoms with Crippen LogP contribution in [0.3, 0.4) is 0 Å². The Kier molecular flexibility index (Phi) is 5.07. The molecule has 1 atom stereocenters. The van der Waals surface area contributed by atoms with Crippen LogP contribution in [0, 0.1) is 11.7 Å². The van der Waals surface area contributed by atoms with Gasteiger partial charge in [0.2, 0.25) is 0 Å². The van der Waals surface area contributed by atoms with E-state index in [1.165, 1.54) is 25.7 Å². The van der Waals surface area contributed by atoms with E-state index < -0.39 is 0 Å². The zero-order chi connectivity index (χ0) is 13.0. The van der Waals surface area contributed by atoms with Crippen molar-refractivity contribution in [3.8, 4) is 0 Å². The van der Waals surface area contributed by atoms with Crippen molar-refractivity contribution in [2.45, 2.75) is 43.5 Å². The molecular weight excluding hydrogens is 245 g/mol. The fraction of sp³-hybridized carbons (Fsp3) is 0.600. The summed E-state index contributed by atoms with van der Waals surface area (Å²) in [4.78, 5) is 0.839. The van der Waals surface area contributed by atoms with Crippen molar-refractivity contribution in [1.29, 1.82) is 0 Å². The fourth-order valence-corrected chi connectivity index (χ4v) is 3.91. The summed E-state index contributed by atoms with van der Waals surface area (Å²) in [5.41, 5.74) is 1.08. The van der Waals surface area contributed by atoms with E-state index in [2.05, 4.69) is 12.2 Å². The standard InChI is InChI=1S/C15H22FNS/c1-11(17-2)13-8-5-9-14(16)15(13)18-10-12-6-3-4-7-12/h5,8-9,11-12,17H,3-4,6-7,10H2,1-2H3. The van der Waals surface area contributed by atoms with Crippen LogP contribution in [-0.2, 0) is 0 Å². The monoisotopic (exact) mass is 267 g/mol. The van der Waals surface area contributed by atoms with Crippen molar-refractivity contribution in [3.05, 3.63) is 29.6 Å². The van der Waals surface area contributed by atoms with Gasteiger partial charge < -0.3 is 5.32 Å². The normalized spacial score (nSPS) is 18.2. The van der Waals surface area contributed by atoms with Crippen LogP contribution in [0.4, 0.5) is 4.39 Å². The van der Waals surface area contributed by atoms with E-state index >= 15 is 0 Å². The third-order valence-electron chi connectivity index (χ3n) is 3.84. The maximum absolute atomic E-state index is 14.0. The zero-order valence-corrected chi connectivity index (χ0v) is 12.0. The lowest BCUT2D eigenvalue weighted by molar-refractivity contribution is 0.573. The highest BCUT2D eigenvalue weighted by atomic mass is 32.2. The number of halogens is 1. The van der Waals surface area contributed by atoms with E-state index in [-0.39, 0.29) is 11.9 Å². The van der Waals surface area contributed by atoms with Crippen LogP contribution in [-0.4, -0.2) is 12.8 Å². The highest BCUT2D eigenvalue weighted by Gasteiger charge is 2.18. The number of rotatable bonds is 5. The summed E-state index contributed by atoms with van der Waals surface area (Å²) in [5, 5.41) is 3.20. The molecule has 1 aromatic carbocycles. The second-order valence-corrected chi connectivity index (χ2v) is 6.16. The molecule has 0 saturated heterocycles. The minimum absolute atomic E-state index is 0.0717. The smallest absolute Gasteiger partial charge is 0.137 e. The molecule has 0 heterocycles. The van der Waals surface area contributed by atoms with Crippen LogP contribution in [0.15, 0.2) is 23.1 Å². The van der Waals surface area contributed by atoms with Gasteiger partial charge in [-0.25, -0.2) is 4.39 Å². The minimum atomic E-state index is -0.0717. The van der Waals surface area contributed by atoms with Gasteiger partial charge in [-0.1, -0.05) is 25.0 Å². The van der Waals surface area contributed by atoms with E-state index in [4.69, 9.17) is 0 Å². The number of benzene rings is 1. The molecule has 0 amide bonds. The summed E-state index contributed by atoms with van der Waals surface area (Å²) in [5.74, 6) is 1.77. The summed E-state index contributed by atoms with van der Waals surface area (Å²) in [6.07, 6.45) is 5.33. The van der Waals surface area contributed by atoms with E-state index in [1.807, 2.05) is 13.1 Å². The maximum Gasteiger partial charge on any atom is 0.137 e. The largest absolute Gasteiger partial charge is 0.313 e. The molecule has 1 aliphatic carbocycles. The lowest BCUT2D eigenvalue weighted by atomic mass is 10.1. The lowest BCUT2D eigenvalue weighted by Gasteiger charge is -2.17. The topological polar surface area (TPSA) is 12.0 Å². The van der Waals surface area contributed by atoms with Gasteiger partial charge in [-0.05, 0) is 44.4 Å². The SMILES string of the molecule is CNC(C)c1cccc(F)c1SCC1CCCC1. The molecule has 100 valence electrons. The third kappa shape index (κ3) is 3.27. The Labute approximate surface area is 114 Å². The fourth-order valence-electron chi connectivity index (χ4n) is 2.55. The highest BCUT2D eigenvalue weighted by Crippen LogP contribution is 2.35. The Balaban J connectivity index is 2.09. The first-order valence-electron chi connectivity index (χ1n) is 6.81. The second kappa shape index (κ2) is 6.58. The van der Waals surface area contributed by atoms with Crippen LogP contribution in [0.2, 0.25) is 0 Å². The molecule has 2 rings (SSSR count). The van der Waals surface area contributed by atoms with Gasteiger partial charge >= 0.3 is 0 Å². The van der Waals surface area contributed by atoms with Gasteiger partial charge in [-0.3, -0.25) is 0 Å². The highest BCUT2D eigenvalue weighted by molar-refractivity contribution is 7.99. The second-order valence-electron chi connectivity index (χ2n) is 5.13. The van der Waals surface area contributed by atoms with Crippen molar-refractivity contribution in [1.82, 2.24) is 5.32 Å². The number of hydrogen-bond acceptors (Lipinski definition) is 2. The Hall–Kier alpha value is -0.540. The Morgan fingerprint density at radius 2 is 2.11 bits per heavy atom. The van der Waals surface area contributed by atoms with Gasteiger partial charge in [-0.2, -0.15) is 0 Å². The number of hydrogen-bond donors (Lipinski definition) is 1. The molecule has 1 N–H and O–H groups in total. The molecule has 1 aromatic rings. The molecule has 1 unspecified atom stereocenters. The Bertz CT molecular complexity index is 388. The average Bonchev–Trinajstić information content (AvgIpc) is 2.89. The van der Waals surface area contributed by atoms with E-state index in [0.717, 1.165) is 22.1 Å². The Morgan fingerprint density at radius 3 is 2.78 bits per heavy atom. The summed E-state index contributed by atoms with van der Waals surface area (Å²) in [6.45, 7) is 2.08. The van der Waals surface area contributed by atoms with Gasteiger partial charge in [0.25, 0.3) is 0 Å². The molecule has 0 radical (unpaired) electrons. The molecule has 0 aliphatic heterocycles. The molecule has 1 aliphatic rings. The van der Waals surface area contributed by atoms with Crippen molar-refractivity contribution >= 4 is 11.8 Å². The molecule has 0 bridgehead atoms. The summed E-state index contributed by atoms with van der Waals surface area (Å²) < 4.78 is 14.0. The average molecular weight is 267 g/mol. The van der Waals surface area contributed by atoms with Crippen LogP contribution in [0.1, 0.15) is 44.2 Å². The van der Waals surface area contributed by atoms with Gasteiger partial charge in [0.05, 0.1) is 0 Å². The van der Waals surface area contributed by atoms with Crippen molar-refractivity contribution in [2.75, 3.05) is 12.8 Å². The maximum atomic E-state index is 14.0. The predicted molar refractivity (Wildman–Crippen MR) is 76.6 cm³/mol. The molecule has 0 aromatic heterocycles. The summed E-state index contributed by atoms with van der Waals surface area (Å²) in [6, 6.07) is 5.61. The van der Waals surface area contributed by atoms with Crippen LogP contribution in [0.5, 0.6) is 0 Å². The molecule has 18 heavy (non-hydrogen) atoms. The minimum Gasteiger partial charge on any atom is -0.313 e.